The number of hydrogen-bond acceptors (Lipinski definition) is 3. The van der Waals surface area contributed by atoms with Gasteiger partial charge in [-0.05, 0) is 48.9 Å². The van der Waals surface area contributed by atoms with E-state index in [-0.39, 0.29) is 17.9 Å². The van der Waals surface area contributed by atoms with Crippen molar-refractivity contribution in [3.8, 4) is 5.75 Å². The fourth-order valence-corrected chi connectivity index (χ4v) is 4.29. The molecule has 2 aromatic rings. The van der Waals surface area contributed by atoms with Crippen molar-refractivity contribution in [3.05, 3.63) is 65.7 Å². The Kier molecular flexibility index (Phi) is 8.51. The first-order valence-electron chi connectivity index (χ1n) is 11.4. The molecule has 0 radical (unpaired) electrons. The maximum atomic E-state index is 13.3. The predicted molar refractivity (Wildman–Crippen MR) is 123 cm³/mol. The van der Waals surface area contributed by atoms with Gasteiger partial charge in [0.2, 0.25) is 11.8 Å². The highest BCUT2D eigenvalue weighted by Gasteiger charge is 2.30. The number of nitrogens with one attached hydrogen (secondary N) is 1. The van der Waals surface area contributed by atoms with Crippen LogP contribution in [0.15, 0.2) is 54.6 Å². The van der Waals surface area contributed by atoms with Crippen molar-refractivity contribution in [3.63, 3.8) is 0 Å². The molecule has 0 heterocycles. The van der Waals surface area contributed by atoms with E-state index in [1.165, 1.54) is 0 Å². The quantitative estimate of drug-likeness (QED) is 0.614. The molecule has 0 spiro atoms. The molecule has 5 nitrogen and oxygen atoms in total. The first-order valence-corrected chi connectivity index (χ1v) is 11.4. The third-order valence-electron chi connectivity index (χ3n) is 6.04. The molecule has 2 amide bonds. The molecule has 1 saturated carbocycles. The molecule has 0 bridgehead atoms. The molecule has 31 heavy (non-hydrogen) atoms. The monoisotopic (exact) mass is 422 g/mol. The summed E-state index contributed by atoms with van der Waals surface area (Å²) in [6, 6.07) is 17.5. The lowest BCUT2D eigenvalue weighted by atomic mass is 10.1. The standard InChI is InChI=1S/C26H34N2O3/c1-3-24(26(30)27-22-13-7-8-14-22)28(19-21-12-9-15-23(18-21)31-2)25(29)17-16-20-10-5-4-6-11-20/h4-6,9-12,15,18,22,24H,3,7-8,13-14,16-17,19H2,1-2H3,(H,27,30)/t24-/m1/s1. The van der Waals surface area contributed by atoms with E-state index in [2.05, 4.69) is 5.32 Å². The van der Waals surface area contributed by atoms with Crippen LogP contribution in [0.4, 0.5) is 0 Å². The molecule has 0 saturated heterocycles. The van der Waals surface area contributed by atoms with Crippen LogP contribution in [0.5, 0.6) is 5.75 Å². The van der Waals surface area contributed by atoms with Crippen molar-refractivity contribution in [2.45, 2.75) is 70.5 Å². The summed E-state index contributed by atoms with van der Waals surface area (Å²) in [4.78, 5) is 28.2. The number of hydrogen-bond donors (Lipinski definition) is 1. The zero-order valence-corrected chi connectivity index (χ0v) is 18.7. The number of rotatable bonds is 10. The van der Waals surface area contributed by atoms with E-state index in [9.17, 15) is 9.59 Å². The second-order valence-electron chi connectivity index (χ2n) is 8.27. The molecule has 166 valence electrons. The lowest BCUT2D eigenvalue weighted by molar-refractivity contribution is -0.141. The van der Waals surface area contributed by atoms with Gasteiger partial charge in [0.25, 0.3) is 0 Å². The van der Waals surface area contributed by atoms with Crippen molar-refractivity contribution in [1.82, 2.24) is 10.2 Å². The predicted octanol–water partition coefficient (Wildman–Crippen LogP) is 4.49. The first kappa shape index (κ1) is 22.9. The zero-order chi connectivity index (χ0) is 22.1. The maximum absolute atomic E-state index is 13.3. The molecule has 2 aromatic carbocycles. The number of nitrogens with zero attached hydrogens (tertiary/aromatic N) is 1. The molecule has 3 rings (SSSR count). The normalized spacial score (nSPS) is 14.8. The summed E-state index contributed by atoms with van der Waals surface area (Å²) in [6.07, 6.45) is 5.99. The number of benzene rings is 2. The SMILES string of the molecule is CC[C@H](C(=O)NC1CCCC1)N(Cc1cccc(OC)c1)C(=O)CCc1ccccc1. The van der Waals surface area contributed by atoms with E-state index in [1.54, 1.807) is 12.0 Å². The van der Waals surface area contributed by atoms with Gasteiger partial charge in [-0.15, -0.1) is 0 Å². The molecule has 0 aromatic heterocycles. The van der Waals surface area contributed by atoms with Crippen molar-refractivity contribution in [2.75, 3.05) is 7.11 Å². The summed E-state index contributed by atoms with van der Waals surface area (Å²) >= 11 is 0. The Morgan fingerprint density at radius 2 is 1.77 bits per heavy atom. The summed E-state index contributed by atoms with van der Waals surface area (Å²) < 4.78 is 5.34. The zero-order valence-electron chi connectivity index (χ0n) is 18.7. The number of methoxy groups -OCH3 is 1. The lowest BCUT2D eigenvalue weighted by Crippen LogP contribution is -2.51. The van der Waals surface area contributed by atoms with Crippen LogP contribution in [0.3, 0.4) is 0 Å². The van der Waals surface area contributed by atoms with Gasteiger partial charge in [-0.1, -0.05) is 62.2 Å². The van der Waals surface area contributed by atoms with Gasteiger partial charge < -0.3 is 15.0 Å². The van der Waals surface area contributed by atoms with Crippen LogP contribution < -0.4 is 10.1 Å². The highest BCUT2D eigenvalue weighted by atomic mass is 16.5. The van der Waals surface area contributed by atoms with Crippen molar-refractivity contribution in [1.29, 1.82) is 0 Å². The Morgan fingerprint density at radius 3 is 2.45 bits per heavy atom. The smallest absolute Gasteiger partial charge is 0.243 e. The summed E-state index contributed by atoms with van der Waals surface area (Å²) in [5.74, 6) is 0.711. The molecular weight excluding hydrogens is 388 g/mol. The minimum atomic E-state index is -0.477. The van der Waals surface area contributed by atoms with Crippen LogP contribution >= 0.6 is 0 Å². The molecule has 0 unspecified atom stereocenters. The van der Waals surface area contributed by atoms with Crippen LogP contribution in [0.25, 0.3) is 0 Å². The number of carbonyl (C=O) groups is 2. The molecule has 0 aliphatic heterocycles. The largest absolute Gasteiger partial charge is 0.497 e. The van der Waals surface area contributed by atoms with Gasteiger partial charge in [-0.2, -0.15) is 0 Å². The van der Waals surface area contributed by atoms with Crippen molar-refractivity contribution < 1.29 is 14.3 Å². The van der Waals surface area contributed by atoms with Crippen LogP contribution in [0.1, 0.15) is 56.6 Å². The van der Waals surface area contributed by atoms with E-state index in [1.807, 2.05) is 61.5 Å². The molecule has 1 aliphatic rings. The molecule has 1 N–H and O–H groups in total. The van der Waals surface area contributed by atoms with Crippen molar-refractivity contribution >= 4 is 11.8 Å². The van der Waals surface area contributed by atoms with Gasteiger partial charge in [0.15, 0.2) is 0 Å². The van der Waals surface area contributed by atoms with E-state index in [0.29, 0.717) is 25.8 Å². The van der Waals surface area contributed by atoms with Gasteiger partial charge in [-0.25, -0.2) is 0 Å². The minimum absolute atomic E-state index is 0.0000879. The molecule has 5 heteroatoms. The van der Waals surface area contributed by atoms with Gasteiger partial charge in [0.05, 0.1) is 7.11 Å². The Labute approximate surface area is 185 Å². The molecule has 1 aliphatic carbocycles. The van der Waals surface area contributed by atoms with Crippen LogP contribution in [-0.4, -0.2) is 35.9 Å². The van der Waals surface area contributed by atoms with E-state index in [4.69, 9.17) is 4.74 Å². The highest BCUT2D eigenvalue weighted by Crippen LogP contribution is 2.21. The molecule has 1 atom stereocenters. The van der Waals surface area contributed by atoms with E-state index < -0.39 is 6.04 Å². The third kappa shape index (κ3) is 6.58. The van der Waals surface area contributed by atoms with Gasteiger partial charge in [-0.3, -0.25) is 9.59 Å². The number of amides is 2. The summed E-state index contributed by atoms with van der Waals surface area (Å²) in [5.41, 5.74) is 2.08. The minimum Gasteiger partial charge on any atom is -0.497 e. The fourth-order valence-electron chi connectivity index (χ4n) is 4.29. The van der Waals surface area contributed by atoms with Crippen molar-refractivity contribution in [2.24, 2.45) is 0 Å². The molecule has 1 fully saturated rings. The third-order valence-corrected chi connectivity index (χ3v) is 6.04. The second-order valence-corrected chi connectivity index (χ2v) is 8.27. The van der Waals surface area contributed by atoms with E-state index >= 15 is 0 Å². The van der Waals surface area contributed by atoms with Gasteiger partial charge in [0.1, 0.15) is 11.8 Å². The highest BCUT2D eigenvalue weighted by molar-refractivity contribution is 5.88. The van der Waals surface area contributed by atoms with Crippen LogP contribution in [0, 0.1) is 0 Å². The Bertz CT molecular complexity index is 847. The fraction of sp³-hybridized carbons (Fsp3) is 0.462. The average molecular weight is 423 g/mol. The number of aryl methyl sites for hydroxylation is 1. The van der Waals surface area contributed by atoms with Gasteiger partial charge in [0, 0.05) is 19.0 Å². The first-order chi connectivity index (χ1) is 15.1. The maximum Gasteiger partial charge on any atom is 0.243 e. The summed E-state index contributed by atoms with van der Waals surface area (Å²) in [6.45, 7) is 2.36. The number of ether oxygens (including phenoxy) is 1. The van der Waals surface area contributed by atoms with E-state index in [0.717, 1.165) is 42.6 Å². The average Bonchev–Trinajstić information content (AvgIpc) is 3.31. The summed E-state index contributed by atoms with van der Waals surface area (Å²) in [7, 11) is 1.63. The lowest BCUT2D eigenvalue weighted by Gasteiger charge is -2.31. The van der Waals surface area contributed by atoms with Gasteiger partial charge >= 0.3 is 0 Å². The summed E-state index contributed by atoms with van der Waals surface area (Å²) in [5, 5.41) is 3.19. The molecular formula is C26H34N2O3. The van der Waals surface area contributed by atoms with Crippen LogP contribution in [-0.2, 0) is 22.6 Å². The Balaban J connectivity index is 1.76. The number of carbonyl (C=O) groups excluding carboxylic acids is 2. The van der Waals surface area contributed by atoms with Crippen LogP contribution in [0.2, 0.25) is 0 Å². The second kappa shape index (κ2) is 11.5. The topological polar surface area (TPSA) is 58.6 Å². The Hall–Kier alpha value is -2.82. The Morgan fingerprint density at radius 1 is 1.06 bits per heavy atom.